The van der Waals surface area contributed by atoms with E-state index in [-0.39, 0.29) is 6.61 Å². The van der Waals surface area contributed by atoms with Gasteiger partial charge in [-0.3, -0.25) is 0 Å². The number of fused-ring (bicyclic) bond motifs is 1. The van der Waals surface area contributed by atoms with Crippen LogP contribution in [0.25, 0.3) is 11.0 Å². The van der Waals surface area contributed by atoms with Crippen molar-refractivity contribution >= 4 is 16.9 Å². The van der Waals surface area contributed by atoms with Crippen LogP contribution in [0.4, 0.5) is 0 Å². The Morgan fingerprint density at radius 3 is 2.75 bits per heavy atom. The van der Waals surface area contributed by atoms with Crippen LogP contribution in [0, 0.1) is 0 Å². The van der Waals surface area contributed by atoms with E-state index in [9.17, 15) is 9.59 Å². The number of carbonyl (C=O) groups is 1. The zero-order valence-corrected chi connectivity index (χ0v) is 11.3. The summed E-state index contributed by atoms with van der Waals surface area (Å²) in [5.74, 6) is 0.0802. The van der Waals surface area contributed by atoms with E-state index in [0.717, 1.165) is 0 Å². The number of rotatable bonds is 4. The second-order valence-electron chi connectivity index (χ2n) is 4.31. The fraction of sp³-hybridized carbons (Fsp3) is 0.200. The normalized spacial score (nSPS) is 10.3. The van der Waals surface area contributed by atoms with Gasteiger partial charge in [-0.25, -0.2) is 9.59 Å². The molecule has 5 heteroatoms. The van der Waals surface area contributed by atoms with Crippen molar-refractivity contribution in [1.29, 1.82) is 0 Å². The highest BCUT2D eigenvalue weighted by molar-refractivity contribution is 5.87. The fourth-order valence-electron chi connectivity index (χ4n) is 1.72. The first-order valence-corrected chi connectivity index (χ1v) is 5.94. The zero-order chi connectivity index (χ0) is 14.7. The highest BCUT2D eigenvalue weighted by Crippen LogP contribution is 2.23. The molecule has 0 spiro atoms. The third kappa shape index (κ3) is 2.88. The van der Waals surface area contributed by atoms with Crippen molar-refractivity contribution in [3.05, 3.63) is 52.4 Å². The van der Waals surface area contributed by atoms with E-state index in [1.165, 1.54) is 13.2 Å². The lowest BCUT2D eigenvalue weighted by molar-refractivity contribution is -0.140. The molecule has 2 rings (SSSR count). The van der Waals surface area contributed by atoms with Crippen molar-refractivity contribution in [2.45, 2.75) is 13.5 Å². The van der Waals surface area contributed by atoms with E-state index in [2.05, 4.69) is 6.58 Å². The molecule has 1 aromatic carbocycles. The lowest BCUT2D eigenvalue weighted by Crippen LogP contribution is -2.07. The first-order valence-electron chi connectivity index (χ1n) is 5.94. The number of esters is 1. The predicted molar refractivity (Wildman–Crippen MR) is 73.6 cm³/mol. The van der Waals surface area contributed by atoms with Crippen molar-refractivity contribution in [3.63, 3.8) is 0 Å². The summed E-state index contributed by atoms with van der Waals surface area (Å²) in [5.41, 5.74) is 0.762. The summed E-state index contributed by atoms with van der Waals surface area (Å²) in [6, 6.07) is 6.41. The van der Waals surface area contributed by atoms with Crippen LogP contribution >= 0.6 is 0 Å². The number of hydrogen-bond acceptors (Lipinski definition) is 5. The van der Waals surface area contributed by atoms with Gasteiger partial charge in [-0.05, 0) is 19.1 Å². The van der Waals surface area contributed by atoms with Crippen LogP contribution in [0.3, 0.4) is 0 Å². The monoisotopic (exact) mass is 274 g/mol. The van der Waals surface area contributed by atoms with Gasteiger partial charge < -0.3 is 13.9 Å². The summed E-state index contributed by atoms with van der Waals surface area (Å²) in [6.07, 6.45) is 0. The minimum Gasteiger partial charge on any atom is -0.497 e. The standard InChI is InChI=1S/C15H14O5/c1-9(2)15(17)19-8-10-6-14(16)20-13-7-11(18-3)4-5-12(10)13/h4-7H,1,8H2,2-3H3. The highest BCUT2D eigenvalue weighted by Gasteiger charge is 2.10. The summed E-state index contributed by atoms with van der Waals surface area (Å²) in [4.78, 5) is 22.9. The molecule has 0 unspecified atom stereocenters. The molecular formula is C15H14O5. The zero-order valence-electron chi connectivity index (χ0n) is 11.3. The van der Waals surface area contributed by atoms with E-state index < -0.39 is 11.6 Å². The second-order valence-corrected chi connectivity index (χ2v) is 4.31. The van der Waals surface area contributed by atoms with Crippen molar-refractivity contribution in [3.8, 4) is 5.75 Å². The maximum atomic E-state index is 11.5. The molecule has 0 aliphatic heterocycles. The maximum absolute atomic E-state index is 11.5. The van der Waals surface area contributed by atoms with Crippen molar-refractivity contribution in [2.24, 2.45) is 0 Å². The third-order valence-corrected chi connectivity index (χ3v) is 2.74. The Kier molecular flexibility index (Phi) is 3.89. The molecule has 104 valence electrons. The lowest BCUT2D eigenvalue weighted by Gasteiger charge is -2.08. The summed E-state index contributed by atoms with van der Waals surface area (Å²) in [7, 11) is 1.53. The Hall–Kier alpha value is -2.56. The van der Waals surface area contributed by atoms with Crippen LogP contribution in [-0.2, 0) is 16.1 Å². The largest absolute Gasteiger partial charge is 0.497 e. The molecule has 1 heterocycles. The Morgan fingerprint density at radius 1 is 1.35 bits per heavy atom. The number of hydrogen-bond donors (Lipinski definition) is 0. The van der Waals surface area contributed by atoms with Gasteiger partial charge in [0.25, 0.3) is 0 Å². The third-order valence-electron chi connectivity index (χ3n) is 2.74. The minimum atomic E-state index is -0.507. The molecule has 0 aliphatic carbocycles. The smallest absolute Gasteiger partial charge is 0.336 e. The van der Waals surface area contributed by atoms with E-state index in [1.807, 2.05) is 0 Å². The molecule has 2 aromatic rings. The summed E-state index contributed by atoms with van der Waals surface area (Å²) >= 11 is 0. The van der Waals surface area contributed by atoms with Crippen LogP contribution in [0.2, 0.25) is 0 Å². The summed E-state index contributed by atoms with van der Waals surface area (Å²) in [6.45, 7) is 5.04. The van der Waals surface area contributed by atoms with E-state index in [4.69, 9.17) is 13.9 Å². The average Bonchev–Trinajstić information content (AvgIpc) is 2.43. The molecule has 0 aliphatic rings. The van der Waals surface area contributed by atoms with Crippen molar-refractivity contribution < 1.29 is 18.7 Å². The van der Waals surface area contributed by atoms with Gasteiger partial charge in [0, 0.05) is 28.7 Å². The molecule has 1 aromatic heterocycles. The molecule has 0 atom stereocenters. The van der Waals surface area contributed by atoms with E-state index in [1.54, 1.807) is 25.1 Å². The fourth-order valence-corrected chi connectivity index (χ4v) is 1.72. The van der Waals surface area contributed by atoms with Crippen LogP contribution in [-0.4, -0.2) is 13.1 Å². The molecule has 0 fully saturated rings. The van der Waals surface area contributed by atoms with Crippen LogP contribution in [0.1, 0.15) is 12.5 Å². The van der Waals surface area contributed by atoms with Gasteiger partial charge in [0.15, 0.2) is 0 Å². The molecule has 20 heavy (non-hydrogen) atoms. The molecule has 0 radical (unpaired) electrons. The molecule has 0 saturated heterocycles. The van der Waals surface area contributed by atoms with Gasteiger partial charge in [0.1, 0.15) is 17.9 Å². The Morgan fingerprint density at radius 2 is 2.10 bits per heavy atom. The summed E-state index contributed by atoms with van der Waals surface area (Å²) in [5, 5.41) is 0.694. The molecular weight excluding hydrogens is 260 g/mol. The van der Waals surface area contributed by atoms with Gasteiger partial charge in [0.05, 0.1) is 7.11 Å². The van der Waals surface area contributed by atoms with Gasteiger partial charge in [-0.1, -0.05) is 6.58 Å². The first-order chi connectivity index (χ1) is 9.51. The molecule has 0 N–H and O–H groups in total. The van der Waals surface area contributed by atoms with Gasteiger partial charge >= 0.3 is 11.6 Å². The highest BCUT2D eigenvalue weighted by atomic mass is 16.5. The number of benzene rings is 1. The molecule has 0 bridgehead atoms. The van der Waals surface area contributed by atoms with E-state index in [0.29, 0.717) is 27.9 Å². The van der Waals surface area contributed by atoms with Crippen LogP contribution in [0.15, 0.2) is 45.6 Å². The maximum Gasteiger partial charge on any atom is 0.336 e. The first kappa shape index (κ1) is 13.9. The van der Waals surface area contributed by atoms with Gasteiger partial charge in [-0.15, -0.1) is 0 Å². The lowest BCUT2D eigenvalue weighted by atomic mass is 10.1. The molecule has 0 saturated carbocycles. The van der Waals surface area contributed by atoms with Crippen molar-refractivity contribution in [2.75, 3.05) is 7.11 Å². The van der Waals surface area contributed by atoms with E-state index >= 15 is 0 Å². The second kappa shape index (κ2) is 5.61. The van der Waals surface area contributed by atoms with Crippen molar-refractivity contribution in [1.82, 2.24) is 0 Å². The summed E-state index contributed by atoms with van der Waals surface area (Å²) < 4.78 is 15.2. The molecule has 5 nitrogen and oxygen atoms in total. The quantitative estimate of drug-likeness (QED) is 0.486. The number of ether oxygens (including phenoxy) is 2. The van der Waals surface area contributed by atoms with Gasteiger partial charge in [-0.2, -0.15) is 0 Å². The number of methoxy groups -OCH3 is 1. The average molecular weight is 274 g/mol. The molecule has 0 amide bonds. The minimum absolute atomic E-state index is 0.0138. The Balaban J connectivity index is 2.40. The van der Waals surface area contributed by atoms with Crippen LogP contribution < -0.4 is 10.4 Å². The Bertz CT molecular complexity index is 727. The SMILES string of the molecule is C=C(C)C(=O)OCc1cc(=O)oc2cc(OC)ccc12. The Labute approximate surface area is 115 Å². The number of carbonyl (C=O) groups excluding carboxylic acids is 1. The van der Waals surface area contributed by atoms with Crippen LogP contribution in [0.5, 0.6) is 5.75 Å². The predicted octanol–water partition coefficient (Wildman–Crippen LogP) is 2.42. The topological polar surface area (TPSA) is 65.7 Å². The van der Waals surface area contributed by atoms with Gasteiger partial charge in [0.2, 0.25) is 0 Å².